The molecule has 0 unspecified atom stereocenters. The average molecular weight is 504 g/mol. The van der Waals surface area contributed by atoms with Crippen molar-refractivity contribution in [3.63, 3.8) is 0 Å². The molecular weight excluding hydrogens is 499 g/mol. The lowest BCUT2D eigenvalue weighted by molar-refractivity contribution is -0.473. The molecule has 0 radical (unpaired) electrons. The molecule has 0 saturated carbocycles. The zero-order valence-corrected chi connectivity index (χ0v) is 13.9. The van der Waals surface area contributed by atoms with Crippen molar-refractivity contribution < 1.29 is 84.2 Å². The lowest BCUT2D eigenvalue weighted by atomic mass is 9.90. The zero-order chi connectivity index (χ0) is 25.9. The lowest BCUT2D eigenvalue weighted by Gasteiger charge is -2.42. The molecule has 0 saturated heterocycles. The molecule has 0 fully saturated rings. The van der Waals surface area contributed by atoms with E-state index in [1.165, 1.54) is 0 Å². The first-order chi connectivity index (χ1) is 13.1. The molecule has 0 atom stereocenters. The number of carbonyl (C=O) groups excluding carboxylic acids is 1. The summed E-state index contributed by atoms with van der Waals surface area (Å²) in [5, 5.41) is 0. The standard InChI is InChI=1S/C12H5F17O2/c1-3(2)4(30)31-12(28,29)10(23,24)8(19,20)6(15,16)5(13,14)7(17,18)9(21,22)11(25,26)27/h1H2,2H3. The highest BCUT2D eigenvalue weighted by Gasteiger charge is 2.95. The first kappa shape index (κ1) is 29.0. The maximum Gasteiger partial charge on any atom is 0.473 e. The highest BCUT2D eigenvalue weighted by Crippen LogP contribution is 2.64. The Morgan fingerprint density at radius 3 is 1.06 bits per heavy atom. The van der Waals surface area contributed by atoms with E-state index in [1.54, 1.807) is 0 Å². The van der Waals surface area contributed by atoms with Gasteiger partial charge in [-0.25, -0.2) is 4.79 Å². The van der Waals surface area contributed by atoms with Gasteiger partial charge in [0.25, 0.3) is 0 Å². The van der Waals surface area contributed by atoms with Crippen LogP contribution in [0, 0.1) is 0 Å². The van der Waals surface area contributed by atoms with Crippen LogP contribution in [0.5, 0.6) is 0 Å². The van der Waals surface area contributed by atoms with E-state index < -0.39 is 59.4 Å². The van der Waals surface area contributed by atoms with Crippen molar-refractivity contribution >= 4 is 5.97 Å². The predicted molar refractivity (Wildman–Crippen MR) is 61.6 cm³/mol. The van der Waals surface area contributed by atoms with Gasteiger partial charge in [-0.3, -0.25) is 0 Å². The molecule has 0 bridgehead atoms. The average Bonchev–Trinajstić information content (AvgIpc) is 2.51. The van der Waals surface area contributed by atoms with Gasteiger partial charge in [-0.05, 0) is 6.92 Å². The number of carbonyl (C=O) groups is 1. The topological polar surface area (TPSA) is 26.3 Å². The lowest BCUT2D eigenvalue weighted by Crippen LogP contribution is -2.74. The number of esters is 1. The number of hydrogen-bond donors (Lipinski definition) is 0. The third kappa shape index (κ3) is 3.87. The van der Waals surface area contributed by atoms with Gasteiger partial charge in [-0.15, -0.1) is 0 Å². The Morgan fingerprint density at radius 2 is 0.806 bits per heavy atom. The van der Waals surface area contributed by atoms with Crippen LogP contribution in [0.3, 0.4) is 0 Å². The first-order valence-corrected chi connectivity index (χ1v) is 6.68. The summed E-state index contributed by atoms with van der Waals surface area (Å²) in [6.07, 6.45) is -15.0. The Balaban J connectivity index is 6.69. The molecule has 0 spiro atoms. The second kappa shape index (κ2) is 7.28. The molecule has 0 aliphatic carbocycles. The number of halogens is 17. The summed E-state index contributed by atoms with van der Waals surface area (Å²) in [4.78, 5) is 10.7. The van der Waals surface area contributed by atoms with E-state index in [0.29, 0.717) is 6.92 Å². The van der Waals surface area contributed by atoms with Crippen LogP contribution in [0.1, 0.15) is 6.92 Å². The van der Waals surface area contributed by atoms with Gasteiger partial charge in [-0.2, -0.15) is 74.6 Å². The normalized spacial score (nSPS) is 15.7. The second-order valence-electron chi connectivity index (χ2n) is 5.63. The monoisotopic (exact) mass is 504 g/mol. The summed E-state index contributed by atoms with van der Waals surface area (Å²) < 4.78 is 221. The fraction of sp³-hybridized carbons (Fsp3) is 0.750. The number of rotatable bonds is 8. The fourth-order valence-corrected chi connectivity index (χ4v) is 1.42. The molecule has 0 aromatic rings. The van der Waals surface area contributed by atoms with E-state index in [4.69, 9.17) is 0 Å². The number of hydrogen-bond acceptors (Lipinski definition) is 2. The van der Waals surface area contributed by atoms with Crippen molar-refractivity contribution in [3.05, 3.63) is 12.2 Å². The summed E-state index contributed by atoms with van der Waals surface area (Å²) in [6.45, 7) is 2.84. The molecule has 0 N–H and O–H groups in total. The van der Waals surface area contributed by atoms with E-state index in [1.807, 2.05) is 0 Å². The van der Waals surface area contributed by atoms with Gasteiger partial charge in [0.15, 0.2) is 0 Å². The molecule has 0 aliphatic rings. The van der Waals surface area contributed by atoms with Gasteiger partial charge in [0.2, 0.25) is 0 Å². The van der Waals surface area contributed by atoms with Crippen LogP contribution in [0.25, 0.3) is 0 Å². The summed E-state index contributed by atoms with van der Waals surface area (Å²) in [5.74, 6) is -53.6. The molecule has 2 nitrogen and oxygen atoms in total. The van der Waals surface area contributed by atoms with Crippen LogP contribution in [-0.2, 0) is 9.53 Å². The van der Waals surface area contributed by atoms with Crippen molar-refractivity contribution in [2.24, 2.45) is 0 Å². The van der Waals surface area contributed by atoms with Crippen LogP contribution in [0.4, 0.5) is 74.6 Å². The molecule has 0 aromatic heterocycles. The Kier molecular flexibility index (Phi) is 6.81. The molecule has 31 heavy (non-hydrogen) atoms. The Labute approximate surface area is 158 Å². The van der Waals surface area contributed by atoms with Gasteiger partial charge in [0.1, 0.15) is 0 Å². The highest BCUT2D eigenvalue weighted by atomic mass is 19.4. The summed E-state index contributed by atoms with van der Waals surface area (Å²) >= 11 is 0. The predicted octanol–water partition coefficient (Wildman–Crippen LogP) is 6.07. The number of ether oxygens (including phenoxy) is 1. The minimum atomic E-state index is -8.74. The van der Waals surface area contributed by atoms with E-state index in [0.717, 1.165) is 0 Å². The zero-order valence-electron chi connectivity index (χ0n) is 13.9. The van der Waals surface area contributed by atoms with Crippen molar-refractivity contribution in [2.45, 2.75) is 54.7 Å². The third-order valence-electron chi connectivity index (χ3n) is 3.26. The molecular formula is C12H5F17O2. The van der Waals surface area contributed by atoms with Gasteiger partial charge in [0.05, 0.1) is 0 Å². The molecule has 19 heteroatoms. The van der Waals surface area contributed by atoms with E-state index in [9.17, 15) is 79.4 Å². The van der Waals surface area contributed by atoms with Crippen LogP contribution < -0.4 is 0 Å². The number of alkyl halides is 17. The molecule has 0 amide bonds. The minimum absolute atomic E-state index is 0.386. The Morgan fingerprint density at radius 1 is 0.548 bits per heavy atom. The van der Waals surface area contributed by atoms with Crippen molar-refractivity contribution in [1.82, 2.24) is 0 Å². The quantitative estimate of drug-likeness (QED) is 0.228. The smallest absolute Gasteiger partial charge is 0.393 e. The summed E-state index contributed by atoms with van der Waals surface area (Å²) in [7, 11) is 0. The maximum atomic E-state index is 13.3. The SMILES string of the molecule is C=C(C)C(=O)OC(F)(F)C(F)(F)C(F)(F)C(F)(F)C(F)(F)C(F)(F)C(F)(F)C(F)(F)F. The second-order valence-corrected chi connectivity index (χ2v) is 5.63. The van der Waals surface area contributed by atoms with Crippen molar-refractivity contribution in [3.8, 4) is 0 Å². The molecule has 0 rings (SSSR count). The molecule has 0 aromatic carbocycles. The largest absolute Gasteiger partial charge is 0.473 e. The van der Waals surface area contributed by atoms with E-state index in [-0.39, 0.29) is 0 Å². The van der Waals surface area contributed by atoms with Crippen LogP contribution >= 0.6 is 0 Å². The van der Waals surface area contributed by atoms with Crippen LogP contribution in [-0.4, -0.2) is 53.8 Å². The molecule has 184 valence electrons. The Hall–Kier alpha value is -1.98. The summed E-state index contributed by atoms with van der Waals surface area (Å²) in [6, 6.07) is 0. The molecule has 0 aliphatic heterocycles. The molecule has 0 heterocycles. The highest BCUT2D eigenvalue weighted by molar-refractivity contribution is 5.87. The maximum absolute atomic E-state index is 13.3. The third-order valence-corrected chi connectivity index (χ3v) is 3.26. The Bertz CT molecular complexity index is 717. The summed E-state index contributed by atoms with van der Waals surface area (Å²) in [5.41, 5.74) is -1.30. The minimum Gasteiger partial charge on any atom is -0.393 e. The van der Waals surface area contributed by atoms with Crippen LogP contribution in [0.2, 0.25) is 0 Å². The fourth-order valence-electron chi connectivity index (χ4n) is 1.42. The first-order valence-electron chi connectivity index (χ1n) is 6.68. The van der Waals surface area contributed by atoms with Gasteiger partial charge in [0, 0.05) is 5.57 Å². The van der Waals surface area contributed by atoms with Gasteiger partial charge in [-0.1, -0.05) is 6.58 Å². The van der Waals surface area contributed by atoms with Gasteiger partial charge >= 0.3 is 53.8 Å². The van der Waals surface area contributed by atoms with Crippen molar-refractivity contribution in [1.29, 1.82) is 0 Å². The van der Waals surface area contributed by atoms with Gasteiger partial charge < -0.3 is 4.74 Å². The van der Waals surface area contributed by atoms with Crippen LogP contribution in [0.15, 0.2) is 12.2 Å². The van der Waals surface area contributed by atoms with E-state index >= 15 is 0 Å². The van der Waals surface area contributed by atoms with Crippen molar-refractivity contribution in [2.75, 3.05) is 0 Å². The van der Waals surface area contributed by atoms with E-state index in [2.05, 4.69) is 11.3 Å².